The van der Waals surface area contributed by atoms with Crippen LogP contribution in [-0.4, -0.2) is 0 Å². The van der Waals surface area contributed by atoms with Gasteiger partial charge in [0.05, 0.1) is 0 Å². The monoisotopic (exact) mass is 232 g/mol. The second-order valence-corrected chi connectivity index (χ2v) is 4.83. The van der Waals surface area contributed by atoms with Gasteiger partial charge in [-0.15, -0.1) is 0 Å². The molecule has 0 bridgehead atoms. The minimum Gasteiger partial charge on any atom is -0.0620 e. The summed E-state index contributed by atoms with van der Waals surface area (Å²) in [7, 11) is 0. The molecule has 0 unspecified atom stereocenters. The lowest BCUT2D eigenvalue weighted by Gasteiger charge is -2.11. The van der Waals surface area contributed by atoms with Gasteiger partial charge in [0.15, 0.2) is 0 Å². The highest BCUT2D eigenvalue weighted by atomic mass is 14.1. The maximum atomic E-state index is 2.30. The summed E-state index contributed by atoms with van der Waals surface area (Å²) >= 11 is 0. The van der Waals surface area contributed by atoms with E-state index in [1.807, 2.05) is 0 Å². The molecule has 0 atom stereocenters. The summed E-state index contributed by atoms with van der Waals surface area (Å²) < 4.78 is 0. The predicted molar refractivity (Wildman–Crippen MR) is 78.9 cm³/mol. The van der Waals surface area contributed by atoms with Crippen molar-refractivity contribution in [2.45, 2.75) is 13.8 Å². The first-order valence-electron chi connectivity index (χ1n) is 6.31. The lowest BCUT2D eigenvalue weighted by atomic mass is 9.94. The maximum Gasteiger partial charge on any atom is -0.0146 e. The highest BCUT2D eigenvalue weighted by molar-refractivity contribution is 5.89. The molecule has 0 N–H and O–H groups in total. The van der Waals surface area contributed by atoms with Gasteiger partial charge >= 0.3 is 0 Å². The standard InChI is InChI=1S/C18H16/c1-13-7-3-6-10-17(13)18-12-16-9-5-4-8-15(16)11-14(18)2/h3-12H,1-2H3. The van der Waals surface area contributed by atoms with Gasteiger partial charge in [0.2, 0.25) is 0 Å². The van der Waals surface area contributed by atoms with Crippen LogP contribution in [0.4, 0.5) is 0 Å². The molecule has 0 heteroatoms. The Morgan fingerprint density at radius 3 is 1.89 bits per heavy atom. The van der Waals surface area contributed by atoms with Crippen molar-refractivity contribution in [3.63, 3.8) is 0 Å². The van der Waals surface area contributed by atoms with E-state index >= 15 is 0 Å². The molecule has 18 heavy (non-hydrogen) atoms. The fourth-order valence-electron chi connectivity index (χ4n) is 2.52. The first-order chi connectivity index (χ1) is 8.75. The Morgan fingerprint density at radius 2 is 1.17 bits per heavy atom. The molecule has 0 heterocycles. The van der Waals surface area contributed by atoms with E-state index in [0.717, 1.165) is 0 Å². The second kappa shape index (κ2) is 4.30. The van der Waals surface area contributed by atoms with Gasteiger partial charge < -0.3 is 0 Å². The summed E-state index contributed by atoms with van der Waals surface area (Å²) in [6, 6.07) is 21.7. The van der Waals surface area contributed by atoms with E-state index in [1.165, 1.54) is 33.0 Å². The first-order valence-corrected chi connectivity index (χ1v) is 6.31. The van der Waals surface area contributed by atoms with Crippen LogP contribution in [0.3, 0.4) is 0 Å². The fraction of sp³-hybridized carbons (Fsp3) is 0.111. The molecule has 0 aliphatic rings. The first kappa shape index (κ1) is 11.0. The molecule has 0 amide bonds. The molecule has 0 spiro atoms. The molecular weight excluding hydrogens is 216 g/mol. The third-order valence-corrected chi connectivity index (χ3v) is 3.53. The van der Waals surface area contributed by atoms with Crippen LogP contribution >= 0.6 is 0 Å². The molecule has 0 saturated heterocycles. The highest BCUT2D eigenvalue weighted by Crippen LogP contribution is 2.30. The molecule has 3 rings (SSSR count). The summed E-state index contributed by atoms with van der Waals surface area (Å²) in [5.41, 5.74) is 5.34. The van der Waals surface area contributed by atoms with Gasteiger partial charge in [0, 0.05) is 0 Å². The summed E-state index contributed by atoms with van der Waals surface area (Å²) in [4.78, 5) is 0. The van der Waals surface area contributed by atoms with Gasteiger partial charge in [-0.3, -0.25) is 0 Å². The molecule has 0 aromatic heterocycles. The average Bonchev–Trinajstić information content (AvgIpc) is 2.39. The van der Waals surface area contributed by atoms with Gasteiger partial charge in [0.1, 0.15) is 0 Å². The van der Waals surface area contributed by atoms with Crippen molar-refractivity contribution in [3.05, 3.63) is 71.8 Å². The van der Waals surface area contributed by atoms with E-state index in [2.05, 4.69) is 74.5 Å². The molecule has 88 valence electrons. The van der Waals surface area contributed by atoms with Gasteiger partial charge in [-0.2, -0.15) is 0 Å². The quantitative estimate of drug-likeness (QED) is 0.546. The van der Waals surface area contributed by atoms with Crippen LogP contribution in [0.5, 0.6) is 0 Å². The summed E-state index contributed by atoms with van der Waals surface area (Å²) in [5, 5.41) is 2.62. The predicted octanol–water partition coefficient (Wildman–Crippen LogP) is 5.12. The zero-order valence-electron chi connectivity index (χ0n) is 10.8. The van der Waals surface area contributed by atoms with Crippen LogP contribution in [0.1, 0.15) is 11.1 Å². The van der Waals surface area contributed by atoms with Crippen molar-refractivity contribution >= 4 is 10.8 Å². The number of hydrogen-bond donors (Lipinski definition) is 0. The molecule has 0 fully saturated rings. The number of benzene rings is 3. The van der Waals surface area contributed by atoms with Crippen molar-refractivity contribution in [2.75, 3.05) is 0 Å². The minimum absolute atomic E-state index is 1.31. The molecule has 3 aromatic rings. The van der Waals surface area contributed by atoms with Gasteiger partial charge in [-0.25, -0.2) is 0 Å². The fourth-order valence-corrected chi connectivity index (χ4v) is 2.52. The van der Waals surface area contributed by atoms with Gasteiger partial charge in [0.25, 0.3) is 0 Å². The van der Waals surface area contributed by atoms with Crippen LogP contribution in [0.15, 0.2) is 60.7 Å². The Labute approximate surface area is 108 Å². The average molecular weight is 232 g/mol. The Balaban J connectivity index is 2.30. The van der Waals surface area contributed by atoms with E-state index in [-0.39, 0.29) is 0 Å². The third-order valence-electron chi connectivity index (χ3n) is 3.53. The minimum atomic E-state index is 1.31. The maximum absolute atomic E-state index is 2.30. The molecule has 0 saturated carbocycles. The van der Waals surface area contributed by atoms with Crippen molar-refractivity contribution in [1.82, 2.24) is 0 Å². The molecular formula is C18H16. The topological polar surface area (TPSA) is 0 Å². The Kier molecular flexibility index (Phi) is 2.64. The van der Waals surface area contributed by atoms with Crippen LogP contribution in [-0.2, 0) is 0 Å². The van der Waals surface area contributed by atoms with Crippen molar-refractivity contribution < 1.29 is 0 Å². The van der Waals surface area contributed by atoms with Crippen molar-refractivity contribution in [1.29, 1.82) is 0 Å². The van der Waals surface area contributed by atoms with E-state index in [4.69, 9.17) is 0 Å². The number of rotatable bonds is 1. The smallest absolute Gasteiger partial charge is 0.0146 e. The third kappa shape index (κ3) is 1.80. The zero-order chi connectivity index (χ0) is 12.5. The van der Waals surface area contributed by atoms with E-state index in [0.29, 0.717) is 0 Å². The molecule has 0 nitrogen and oxygen atoms in total. The Hall–Kier alpha value is -2.08. The normalized spacial score (nSPS) is 10.8. The van der Waals surface area contributed by atoms with Crippen molar-refractivity contribution in [3.8, 4) is 11.1 Å². The van der Waals surface area contributed by atoms with Gasteiger partial charge in [-0.1, -0.05) is 54.6 Å². The van der Waals surface area contributed by atoms with E-state index in [1.54, 1.807) is 0 Å². The van der Waals surface area contributed by atoms with E-state index in [9.17, 15) is 0 Å². The Bertz CT molecular complexity index is 708. The van der Waals surface area contributed by atoms with Crippen LogP contribution < -0.4 is 0 Å². The molecule has 0 aliphatic carbocycles. The second-order valence-electron chi connectivity index (χ2n) is 4.83. The zero-order valence-corrected chi connectivity index (χ0v) is 10.8. The molecule has 3 aromatic carbocycles. The van der Waals surface area contributed by atoms with Crippen molar-refractivity contribution in [2.24, 2.45) is 0 Å². The lowest BCUT2D eigenvalue weighted by Crippen LogP contribution is -1.87. The molecule has 0 aliphatic heterocycles. The SMILES string of the molecule is Cc1ccccc1-c1cc2ccccc2cc1C. The van der Waals surface area contributed by atoms with Crippen LogP contribution in [0.2, 0.25) is 0 Å². The van der Waals surface area contributed by atoms with Crippen LogP contribution in [0.25, 0.3) is 21.9 Å². The summed E-state index contributed by atoms with van der Waals surface area (Å²) in [6.45, 7) is 4.36. The number of aryl methyl sites for hydroxylation is 2. The summed E-state index contributed by atoms with van der Waals surface area (Å²) in [5.74, 6) is 0. The largest absolute Gasteiger partial charge is 0.0620 e. The number of hydrogen-bond acceptors (Lipinski definition) is 0. The number of fused-ring (bicyclic) bond motifs is 1. The molecule has 0 radical (unpaired) electrons. The van der Waals surface area contributed by atoms with Gasteiger partial charge in [-0.05, 0) is 52.9 Å². The van der Waals surface area contributed by atoms with E-state index < -0.39 is 0 Å². The lowest BCUT2D eigenvalue weighted by molar-refractivity contribution is 1.42. The van der Waals surface area contributed by atoms with Crippen LogP contribution in [0, 0.1) is 13.8 Å². The highest BCUT2D eigenvalue weighted by Gasteiger charge is 2.05. The Morgan fingerprint density at radius 1 is 0.556 bits per heavy atom. The summed E-state index contributed by atoms with van der Waals surface area (Å²) in [6.07, 6.45) is 0.